The number of amidine groups is 1. The molecule has 28 heavy (non-hydrogen) atoms. The van der Waals surface area contributed by atoms with E-state index in [-0.39, 0.29) is 18.3 Å². The highest BCUT2D eigenvalue weighted by molar-refractivity contribution is 6.07. The fraction of sp³-hybridized carbons (Fsp3) is 0.250. The molecule has 0 spiro atoms. The Labute approximate surface area is 162 Å². The minimum Gasteiger partial charge on any atom is -0.495 e. The molecule has 146 valence electrons. The number of carbonyl (C=O) groups excluding carboxylic acids is 1. The monoisotopic (exact) mass is 382 g/mol. The van der Waals surface area contributed by atoms with Gasteiger partial charge in [-0.15, -0.1) is 0 Å². The number of amides is 2. The number of ether oxygens (including phenoxy) is 1. The van der Waals surface area contributed by atoms with Crippen molar-refractivity contribution in [3.63, 3.8) is 0 Å². The zero-order valence-electron chi connectivity index (χ0n) is 15.5. The minimum absolute atomic E-state index is 0.0674. The highest BCUT2D eigenvalue weighted by Gasteiger charge is 2.32. The molecule has 1 aliphatic rings. The van der Waals surface area contributed by atoms with Crippen LogP contribution in [-0.2, 0) is 11.2 Å². The van der Waals surface area contributed by atoms with Crippen molar-refractivity contribution in [3.05, 3.63) is 53.6 Å². The molecule has 0 unspecified atom stereocenters. The number of rotatable bonds is 7. The van der Waals surface area contributed by atoms with Crippen LogP contribution in [0, 0.1) is 5.41 Å². The Morgan fingerprint density at radius 3 is 2.46 bits per heavy atom. The van der Waals surface area contributed by atoms with Crippen LogP contribution in [0.1, 0.15) is 17.5 Å². The third kappa shape index (κ3) is 3.90. The van der Waals surface area contributed by atoms with Crippen LogP contribution in [0.25, 0.3) is 0 Å². The third-order valence-corrected chi connectivity index (χ3v) is 4.67. The second kappa shape index (κ2) is 7.99. The molecule has 2 aromatic rings. The fourth-order valence-corrected chi connectivity index (χ4v) is 3.16. The first-order valence-corrected chi connectivity index (χ1v) is 8.83. The molecule has 1 heterocycles. The maximum absolute atomic E-state index is 12.9. The normalized spacial score (nSPS) is 13.7. The molecule has 8 nitrogen and oxygen atoms in total. The third-order valence-electron chi connectivity index (χ3n) is 4.67. The molecule has 4 N–H and O–H groups in total. The van der Waals surface area contributed by atoms with E-state index < -0.39 is 5.97 Å². The first-order valence-electron chi connectivity index (χ1n) is 8.83. The summed E-state index contributed by atoms with van der Waals surface area (Å²) in [6.45, 7) is 1.01. The lowest BCUT2D eigenvalue weighted by Gasteiger charge is -2.21. The maximum Gasteiger partial charge on any atom is 0.329 e. The van der Waals surface area contributed by atoms with Gasteiger partial charge in [0.15, 0.2) is 0 Å². The number of methoxy groups -OCH3 is 1. The Kier molecular flexibility index (Phi) is 5.49. The number of aliphatic carboxylic acids is 1. The molecule has 0 saturated carbocycles. The number of aryl methyl sites for hydroxylation is 1. The molecule has 1 aliphatic heterocycles. The van der Waals surface area contributed by atoms with E-state index in [1.807, 2.05) is 24.3 Å². The van der Waals surface area contributed by atoms with Gasteiger partial charge < -0.3 is 15.6 Å². The molecular formula is C20H22N4O4. The molecule has 0 atom stereocenters. The zero-order chi connectivity index (χ0) is 20.3. The van der Waals surface area contributed by atoms with Crippen LogP contribution in [0.5, 0.6) is 5.75 Å². The lowest BCUT2D eigenvalue weighted by atomic mass is 10.1. The second-order valence-electron chi connectivity index (χ2n) is 6.45. The average Bonchev–Trinajstić information content (AvgIpc) is 3.07. The van der Waals surface area contributed by atoms with Crippen molar-refractivity contribution in [1.82, 2.24) is 0 Å². The number of carboxylic acids is 1. The Hall–Kier alpha value is -3.55. The number of hydrogen-bond donors (Lipinski definition) is 3. The Morgan fingerprint density at radius 1 is 1.18 bits per heavy atom. The molecule has 3 rings (SSSR count). The number of anilines is 2. The summed E-state index contributed by atoms with van der Waals surface area (Å²) in [4.78, 5) is 26.9. The average molecular weight is 382 g/mol. The van der Waals surface area contributed by atoms with Gasteiger partial charge in [-0.25, -0.2) is 4.79 Å². The van der Waals surface area contributed by atoms with E-state index in [1.165, 1.54) is 7.11 Å². The highest BCUT2D eigenvalue weighted by Crippen LogP contribution is 2.33. The van der Waals surface area contributed by atoms with Crippen molar-refractivity contribution < 1.29 is 19.4 Å². The van der Waals surface area contributed by atoms with Gasteiger partial charge in [-0.3, -0.25) is 20.0 Å². The number of hydrogen-bond acceptors (Lipinski definition) is 4. The van der Waals surface area contributed by atoms with Gasteiger partial charge in [-0.2, -0.15) is 0 Å². The van der Waals surface area contributed by atoms with Crippen molar-refractivity contribution in [2.75, 3.05) is 30.0 Å². The lowest BCUT2D eigenvalue weighted by molar-refractivity contribution is -0.136. The summed E-state index contributed by atoms with van der Waals surface area (Å²) in [5, 5.41) is 16.3. The summed E-state index contributed by atoms with van der Waals surface area (Å²) in [7, 11) is 1.51. The van der Waals surface area contributed by atoms with Crippen LogP contribution < -0.4 is 20.3 Å². The predicted molar refractivity (Wildman–Crippen MR) is 106 cm³/mol. The molecule has 0 aliphatic carbocycles. The summed E-state index contributed by atoms with van der Waals surface area (Å²) in [6.07, 6.45) is 0.529. The quantitative estimate of drug-likeness (QED) is 0.502. The van der Waals surface area contributed by atoms with Crippen molar-refractivity contribution in [1.29, 1.82) is 5.41 Å². The predicted octanol–water partition coefficient (Wildman–Crippen LogP) is 2.44. The van der Waals surface area contributed by atoms with Gasteiger partial charge in [-0.05, 0) is 42.3 Å². The number of benzene rings is 2. The number of nitrogens with two attached hydrogens (primary N) is 1. The first kappa shape index (κ1) is 19.2. The van der Waals surface area contributed by atoms with E-state index in [1.54, 1.807) is 28.0 Å². The number of nitrogens with zero attached hydrogens (tertiary/aromatic N) is 2. The smallest absolute Gasteiger partial charge is 0.329 e. The zero-order valence-corrected chi connectivity index (χ0v) is 15.5. The van der Waals surface area contributed by atoms with Gasteiger partial charge in [0.25, 0.3) is 0 Å². The topological polar surface area (TPSA) is 120 Å². The van der Waals surface area contributed by atoms with Gasteiger partial charge in [0, 0.05) is 30.8 Å². The number of nitrogen functional groups attached to an aromatic ring is 1. The van der Waals surface area contributed by atoms with E-state index in [0.29, 0.717) is 36.5 Å². The molecular weight excluding hydrogens is 360 g/mol. The van der Waals surface area contributed by atoms with E-state index in [4.69, 9.17) is 21.0 Å². The van der Waals surface area contributed by atoms with Crippen LogP contribution in [0.2, 0.25) is 0 Å². The lowest BCUT2D eigenvalue weighted by Crippen LogP contribution is -2.32. The van der Waals surface area contributed by atoms with Crippen LogP contribution in [0.4, 0.5) is 16.2 Å². The van der Waals surface area contributed by atoms with Gasteiger partial charge in [0.05, 0.1) is 12.8 Å². The Morgan fingerprint density at radius 2 is 1.86 bits per heavy atom. The second-order valence-corrected chi connectivity index (χ2v) is 6.45. The maximum atomic E-state index is 12.9. The van der Waals surface area contributed by atoms with E-state index in [9.17, 15) is 9.59 Å². The van der Waals surface area contributed by atoms with Gasteiger partial charge in [-0.1, -0.05) is 12.1 Å². The molecule has 0 radical (unpaired) electrons. The molecule has 8 heteroatoms. The summed E-state index contributed by atoms with van der Waals surface area (Å²) in [5.41, 5.74) is 8.34. The summed E-state index contributed by atoms with van der Waals surface area (Å²) < 4.78 is 5.39. The Bertz CT molecular complexity index is 911. The van der Waals surface area contributed by atoms with Gasteiger partial charge in [0.2, 0.25) is 0 Å². The van der Waals surface area contributed by atoms with Crippen LogP contribution in [-0.4, -0.2) is 43.1 Å². The molecule has 2 aromatic carbocycles. The largest absolute Gasteiger partial charge is 0.495 e. The van der Waals surface area contributed by atoms with Crippen LogP contribution >= 0.6 is 0 Å². The SMILES string of the molecule is COc1cc(C(=N)N)ccc1N1CCN(c2ccc(CCC(=O)O)cc2)C1=O. The minimum atomic E-state index is -0.834. The highest BCUT2D eigenvalue weighted by atomic mass is 16.5. The molecule has 0 bridgehead atoms. The fourth-order valence-electron chi connectivity index (χ4n) is 3.16. The van der Waals surface area contributed by atoms with Crippen molar-refractivity contribution >= 4 is 29.2 Å². The van der Waals surface area contributed by atoms with Gasteiger partial charge >= 0.3 is 12.0 Å². The van der Waals surface area contributed by atoms with E-state index in [0.717, 1.165) is 11.3 Å². The number of nitrogens with one attached hydrogen (secondary N) is 1. The van der Waals surface area contributed by atoms with E-state index in [2.05, 4.69) is 0 Å². The van der Waals surface area contributed by atoms with E-state index >= 15 is 0 Å². The summed E-state index contributed by atoms with van der Waals surface area (Å²) >= 11 is 0. The molecule has 0 aromatic heterocycles. The molecule has 1 saturated heterocycles. The van der Waals surface area contributed by atoms with Gasteiger partial charge in [0.1, 0.15) is 11.6 Å². The van der Waals surface area contributed by atoms with Crippen LogP contribution in [0.3, 0.4) is 0 Å². The van der Waals surface area contributed by atoms with Crippen molar-refractivity contribution in [2.45, 2.75) is 12.8 Å². The number of carboxylic acid groups (broad SMARTS) is 1. The van der Waals surface area contributed by atoms with Crippen molar-refractivity contribution in [3.8, 4) is 5.75 Å². The molecule has 1 fully saturated rings. The Balaban J connectivity index is 1.78. The number of urea groups is 1. The first-order chi connectivity index (χ1) is 13.4. The standard InChI is InChI=1S/C20H22N4O4/c1-28-17-12-14(19(21)22)5-8-16(17)24-11-10-23(20(24)27)15-6-2-13(3-7-15)4-9-18(25)26/h2-3,5-8,12H,4,9-11H2,1H3,(H3,21,22)(H,25,26). The number of carbonyl (C=O) groups is 2. The molecule has 2 amide bonds. The summed E-state index contributed by atoms with van der Waals surface area (Å²) in [6, 6.07) is 12.2. The summed E-state index contributed by atoms with van der Waals surface area (Å²) in [5.74, 6) is -0.423. The van der Waals surface area contributed by atoms with Crippen molar-refractivity contribution in [2.24, 2.45) is 5.73 Å². The van der Waals surface area contributed by atoms with Crippen LogP contribution in [0.15, 0.2) is 42.5 Å².